The van der Waals surface area contributed by atoms with Crippen LogP contribution in [-0.2, 0) is 52.4 Å². The topological polar surface area (TPSA) is 231 Å². The second kappa shape index (κ2) is 21.7. The zero-order chi connectivity index (χ0) is 52.3. The molecule has 3 aliphatic carbocycles. The average molecular weight is 1060 g/mol. The summed E-state index contributed by atoms with van der Waals surface area (Å²) in [7, 11) is 1.51. The Morgan fingerprint density at radius 1 is 0.861 bits per heavy atom. The number of aliphatic hydroxyl groups excluding tert-OH is 1. The van der Waals surface area contributed by atoms with E-state index < -0.39 is 125 Å². The summed E-state index contributed by atoms with van der Waals surface area (Å²) in [5, 5.41) is 30.3. The van der Waals surface area contributed by atoms with Crippen molar-refractivity contribution in [3.8, 4) is 0 Å². The molecule has 3 aromatic rings. The standard InChI is InChI=1S/C54H63BrN2O15/c1-31-39(70-49(65)45(71-41(61)25-17-18-26-55)43(34-19-11-8-12-20-34)56-47(63)35-21-13-9-14-22-35)28-53(66)50(72-48(64)36-23-15-10-16-24-36)54(57(7)30-68-32(2)58)37-29-67-38(37)27-40(60)52(54,6)46(62)44(69-33(3)59)42(31)51(53,4)5/h8-16,19-24,37-40,43-45,50,60,66H,17-18,25-30H2,1-7H3,(H,56,63). The smallest absolute Gasteiger partial charge is 0.350 e. The third-order valence-corrected chi connectivity index (χ3v) is 15.9. The van der Waals surface area contributed by atoms with Crippen LogP contribution in [0.15, 0.2) is 102 Å². The van der Waals surface area contributed by atoms with E-state index >= 15 is 9.59 Å². The number of amides is 1. The number of alkyl halides is 1. The van der Waals surface area contributed by atoms with Gasteiger partial charge in [0.1, 0.15) is 24.5 Å². The molecule has 2 saturated carbocycles. The molecule has 1 saturated heterocycles. The van der Waals surface area contributed by atoms with E-state index in [9.17, 15) is 34.2 Å². The fourth-order valence-corrected chi connectivity index (χ4v) is 12.0. The largest absolute Gasteiger partial charge is 0.455 e. The third kappa shape index (κ3) is 9.75. The summed E-state index contributed by atoms with van der Waals surface area (Å²) in [6.45, 7) is 7.87. The third-order valence-electron chi connectivity index (χ3n) is 15.4. The van der Waals surface area contributed by atoms with Gasteiger partial charge in [0.25, 0.3) is 5.91 Å². The Bertz CT molecular complexity index is 2560. The van der Waals surface area contributed by atoms with Crippen LogP contribution in [0.25, 0.3) is 0 Å². The lowest BCUT2D eigenvalue weighted by molar-refractivity contribution is -0.323. The Morgan fingerprint density at radius 2 is 1.47 bits per heavy atom. The number of unbranched alkanes of at least 4 members (excludes halogenated alkanes) is 1. The Kier molecular flexibility index (Phi) is 16.3. The Labute approximate surface area is 427 Å². The number of halogens is 1. The zero-order valence-electron chi connectivity index (χ0n) is 41.5. The van der Waals surface area contributed by atoms with Gasteiger partial charge in [-0.1, -0.05) is 96.5 Å². The van der Waals surface area contributed by atoms with E-state index in [1.165, 1.54) is 37.9 Å². The summed E-state index contributed by atoms with van der Waals surface area (Å²) < 4.78 is 36.9. The lowest BCUT2D eigenvalue weighted by atomic mass is 9.42. The van der Waals surface area contributed by atoms with Gasteiger partial charge in [0, 0.05) is 55.3 Å². The van der Waals surface area contributed by atoms with E-state index in [4.69, 9.17) is 28.4 Å². The Morgan fingerprint density at radius 3 is 2.04 bits per heavy atom. The van der Waals surface area contributed by atoms with E-state index in [2.05, 4.69) is 21.2 Å². The normalized spacial score (nSPS) is 29.1. The van der Waals surface area contributed by atoms with Crippen molar-refractivity contribution in [2.75, 3.05) is 25.7 Å². The fourth-order valence-electron chi connectivity index (χ4n) is 11.6. The van der Waals surface area contributed by atoms with Crippen molar-refractivity contribution in [3.05, 3.63) is 119 Å². The highest BCUT2D eigenvalue weighted by atomic mass is 79.9. The van der Waals surface area contributed by atoms with Gasteiger partial charge in [0.2, 0.25) is 6.10 Å². The van der Waals surface area contributed by atoms with Gasteiger partial charge in [-0.15, -0.1) is 0 Å². The van der Waals surface area contributed by atoms with E-state index in [-0.39, 0.29) is 41.7 Å². The lowest BCUT2D eigenvalue weighted by Crippen LogP contribution is -2.87. The maximum atomic E-state index is 16.1. The van der Waals surface area contributed by atoms with Gasteiger partial charge in [-0.2, -0.15) is 0 Å². The molecule has 1 aliphatic heterocycles. The number of esters is 5. The van der Waals surface area contributed by atoms with Crippen LogP contribution < -0.4 is 5.32 Å². The van der Waals surface area contributed by atoms with Crippen LogP contribution in [-0.4, -0.2) is 130 Å². The number of rotatable bonds is 17. The molecule has 3 fully saturated rings. The summed E-state index contributed by atoms with van der Waals surface area (Å²) in [4.78, 5) is 101. The number of Topliss-reactive ketones (excluding diaryl/α,β-unsaturated/α-hetero) is 1. The lowest BCUT2D eigenvalue weighted by Gasteiger charge is -2.71. The number of nitrogens with one attached hydrogen (secondary N) is 1. The van der Waals surface area contributed by atoms with Crippen molar-refractivity contribution in [3.63, 3.8) is 0 Å². The van der Waals surface area contributed by atoms with Crippen LogP contribution in [0.2, 0.25) is 0 Å². The Balaban J connectivity index is 1.45. The number of fused-ring (bicyclic) bond motifs is 5. The van der Waals surface area contributed by atoms with Crippen molar-refractivity contribution >= 4 is 57.5 Å². The molecule has 0 radical (unpaired) electrons. The molecule has 4 aliphatic rings. The summed E-state index contributed by atoms with van der Waals surface area (Å²) in [5.74, 6) is -6.73. The van der Waals surface area contributed by atoms with Gasteiger partial charge in [-0.05, 0) is 74.7 Å². The van der Waals surface area contributed by atoms with Crippen LogP contribution >= 0.6 is 15.9 Å². The summed E-state index contributed by atoms with van der Waals surface area (Å²) in [6.07, 6.45) is -9.25. The van der Waals surface area contributed by atoms with Crippen LogP contribution in [0.4, 0.5) is 0 Å². The maximum absolute atomic E-state index is 16.1. The number of hydrogen-bond acceptors (Lipinski definition) is 16. The molecular weight excluding hydrogens is 996 g/mol. The number of ether oxygens (including phenoxy) is 6. The molecule has 11 unspecified atom stereocenters. The SMILES string of the molecule is CC(=O)OCN(C)C12C3COC3CC(O)C1(C)C(=O)C(OC(C)=O)C1=C(C)C(OC(=O)C(OC(=O)CCCCBr)C(NC(=O)c3ccccc3)c3ccccc3)CC(O)(C2OC(=O)c2ccccc2)C1(C)C. The van der Waals surface area contributed by atoms with E-state index in [1.54, 1.807) is 99.6 Å². The molecule has 386 valence electrons. The number of hydrogen-bond donors (Lipinski definition) is 3. The first-order valence-corrected chi connectivity index (χ1v) is 25.2. The second-order valence-corrected chi connectivity index (χ2v) is 20.6. The molecule has 17 nitrogen and oxygen atoms in total. The summed E-state index contributed by atoms with van der Waals surface area (Å²) >= 11 is 3.37. The highest BCUT2D eigenvalue weighted by Crippen LogP contribution is 2.66. The predicted octanol–water partition coefficient (Wildman–Crippen LogP) is 5.74. The predicted molar refractivity (Wildman–Crippen MR) is 262 cm³/mol. The quantitative estimate of drug-likeness (QED) is 0.0365. The monoisotopic (exact) mass is 1060 g/mol. The molecule has 18 heteroatoms. The molecule has 3 aromatic carbocycles. The fraction of sp³-hybridized carbons (Fsp3) is 0.500. The number of benzene rings is 3. The van der Waals surface area contributed by atoms with Gasteiger partial charge in [0.05, 0.1) is 35.3 Å². The number of carbonyl (C=O) groups is 7. The molecule has 1 heterocycles. The van der Waals surface area contributed by atoms with Crippen molar-refractivity contribution in [1.29, 1.82) is 0 Å². The van der Waals surface area contributed by atoms with Gasteiger partial charge < -0.3 is 44.0 Å². The first kappa shape index (κ1) is 54.0. The zero-order valence-corrected chi connectivity index (χ0v) is 43.0. The molecule has 11 atom stereocenters. The minimum absolute atomic E-state index is 0.00744. The average Bonchev–Trinajstić information content (AvgIpc) is 3.34. The van der Waals surface area contributed by atoms with E-state index in [0.717, 1.165) is 6.92 Å². The first-order chi connectivity index (χ1) is 34.1. The van der Waals surface area contributed by atoms with Crippen LogP contribution in [0.1, 0.15) is 106 Å². The molecule has 0 aromatic heterocycles. The summed E-state index contributed by atoms with van der Waals surface area (Å²) in [6, 6.07) is 23.2. The molecule has 3 N–H and O–H groups in total. The van der Waals surface area contributed by atoms with Crippen molar-refractivity contribution in [2.45, 2.75) is 127 Å². The molecule has 2 bridgehead atoms. The molecular formula is C54H63BrN2O15. The number of likely N-dealkylation sites (N-methyl/N-ethyl adjacent to an activating group) is 1. The van der Waals surface area contributed by atoms with E-state index in [0.29, 0.717) is 23.7 Å². The number of ketones is 1. The van der Waals surface area contributed by atoms with Crippen LogP contribution in [0.5, 0.6) is 0 Å². The van der Waals surface area contributed by atoms with Crippen LogP contribution in [0.3, 0.4) is 0 Å². The molecule has 7 rings (SSSR count). The van der Waals surface area contributed by atoms with Gasteiger partial charge in [0.15, 0.2) is 18.0 Å². The first-order valence-electron chi connectivity index (χ1n) is 24.1. The van der Waals surface area contributed by atoms with Gasteiger partial charge in [-0.3, -0.25) is 28.9 Å². The summed E-state index contributed by atoms with van der Waals surface area (Å²) in [5.41, 5.74) is -7.50. The van der Waals surface area contributed by atoms with Crippen molar-refractivity contribution in [1.82, 2.24) is 10.2 Å². The maximum Gasteiger partial charge on any atom is 0.350 e. The number of nitrogens with zero attached hydrogens (tertiary/aromatic N) is 1. The molecule has 0 spiro atoms. The molecule has 1 amide bonds. The minimum atomic E-state index is -2.46. The van der Waals surface area contributed by atoms with Gasteiger partial charge >= 0.3 is 29.8 Å². The van der Waals surface area contributed by atoms with Crippen molar-refractivity contribution < 1.29 is 72.2 Å². The van der Waals surface area contributed by atoms with Crippen LogP contribution in [0, 0.1) is 16.7 Å². The number of aliphatic hydroxyl groups is 2. The van der Waals surface area contributed by atoms with E-state index in [1.807, 2.05) is 0 Å². The highest BCUT2D eigenvalue weighted by Gasteiger charge is 2.80. The highest BCUT2D eigenvalue weighted by molar-refractivity contribution is 9.09. The number of carbonyl (C=O) groups excluding carboxylic acids is 7. The second-order valence-electron chi connectivity index (χ2n) is 19.8. The molecule has 72 heavy (non-hydrogen) atoms. The Hall–Kier alpha value is -5.79. The van der Waals surface area contributed by atoms with Gasteiger partial charge in [-0.25, -0.2) is 9.59 Å². The van der Waals surface area contributed by atoms with Crippen molar-refractivity contribution in [2.24, 2.45) is 16.7 Å². The minimum Gasteiger partial charge on any atom is -0.455 e.